The van der Waals surface area contributed by atoms with Crippen molar-refractivity contribution in [1.29, 1.82) is 0 Å². The Morgan fingerprint density at radius 1 is 0.324 bits per heavy atom. The summed E-state index contributed by atoms with van der Waals surface area (Å²) >= 11 is 0. The van der Waals surface area contributed by atoms with E-state index in [9.17, 15) is 90.4 Å². The molecular weight excluding hydrogens is 1880 g/mol. The first-order chi connectivity index (χ1) is 68.2. The van der Waals surface area contributed by atoms with Crippen LogP contribution in [0.25, 0.3) is 65.7 Å². The van der Waals surface area contributed by atoms with E-state index in [1.807, 2.05) is 6.07 Å². The number of esters is 5. The Morgan fingerprint density at radius 2 is 0.655 bits per heavy atom. The van der Waals surface area contributed by atoms with Crippen molar-refractivity contribution in [3.63, 3.8) is 0 Å². The van der Waals surface area contributed by atoms with E-state index in [0.29, 0.717) is 151 Å². The lowest BCUT2D eigenvalue weighted by atomic mass is 9.81. The molecule has 10 heterocycles. The predicted octanol–water partition coefficient (Wildman–Crippen LogP) is 3.84. The fourth-order valence-corrected chi connectivity index (χ4v) is 19.5. The van der Waals surface area contributed by atoms with Crippen LogP contribution in [0.2, 0.25) is 0 Å². The highest BCUT2D eigenvalue weighted by Gasteiger charge is 2.56. The molecular formula is C98H104O44. The van der Waals surface area contributed by atoms with Gasteiger partial charge in [-0.2, -0.15) is 0 Å². The fourth-order valence-electron chi connectivity index (χ4n) is 19.5. The van der Waals surface area contributed by atoms with E-state index >= 15 is 0 Å². The molecule has 0 bridgehead atoms. The summed E-state index contributed by atoms with van der Waals surface area (Å²) in [6, 6.07) is 26.1. The first-order valence-corrected chi connectivity index (χ1v) is 45.2. The summed E-state index contributed by atoms with van der Waals surface area (Å²) in [6.07, 6.45) is -34.4. The summed E-state index contributed by atoms with van der Waals surface area (Å²) < 4.78 is 149. The second-order valence-electron chi connectivity index (χ2n) is 35.1. The number of carbonyl (C=O) groups is 5. The number of hydrogen-bond acceptors (Lipinski definition) is 44. The van der Waals surface area contributed by atoms with E-state index in [-0.39, 0.29) is 80.6 Å². The van der Waals surface area contributed by atoms with Crippen LogP contribution >= 0.6 is 0 Å². The first-order valence-electron chi connectivity index (χ1n) is 45.2. The lowest BCUT2D eigenvalue weighted by Crippen LogP contribution is -2.64. The number of aliphatic hydroxyl groups is 13. The van der Waals surface area contributed by atoms with Crippen LogP contribution in [0.3, 0.4) is 0 Å². The summed E-state index contributed by atoms with van der Waals surface area (Å²) in [5.74, 6) is 2.14. The fraction of sp³-hybridized carbons (Fsp3) is 0.459. The molecule has 5 fully saturated rings. The molecule has 10 aliphatic heterocycles. The molecule has 0 amide bonds. The van der Waals surface area contributed by atoms with Crippen molar-refractivity contribution in [2.45, 2.75) is 208 Å². The topological polar surface area (TPSA) is 588 Å². The highest BCUT2D eigenvalue weighted by molar-refractivity contribution is 6.17. The van der Waals surface area contributed by atoms with Gasteiger partial charge < -0.3 is 190 Å². The molecule has 25 unspecified atom stereocenters. The second-order valence-corrected chi connectivity index (χ2v) is 35.1. The third-order valence-electron chi connectivity index (χ3n) is 26.6. The van der Waals surface area contributed by atoms with Crippen LogP contribution in [0.15, 0.2) is 91.0 Å². The zero-order valence-corrected chi connectivity index (χ0v) is 77.9. The summed E-state index contributed by atoms with van der Waals surface area (Å²) in [6.45, 7) is 5.49. The number of methoxy groups -OCH3 is 6. The number of hydrogen-bond donors (Lipinski definition) is 13. The molecule has 1 saturated carbocycles. The summed E-state index contributed by atoms with van der Waals surface area (Å²) in [5, 5.41) is 139. The van der Waals surface area contributed by atoms with Gasteiger partial charge in [0.25, 0.3) is 0 Å². The van der Waals surface area contributed by atoms with Crippen LogP contribution < -0.4 is 71.1 Å². The molecule has 760 valence electrons. The van der Waals surface area contributed by atoms with Crippen molar-refractivity contribution in [1.82, 2.24) is 0 Å². The van der Waals surface area contributed by atoms with Gasteiger partial charge in [0.1, 0.15) is 135 Å². The molecule has 0 aromatic heterocycles. The number of fused-ring (bicyclic) bond motifs is 9. The molecule has 1 aliphatic carbocycles. The Kier molecular flexibility index (Phi) is 28.5. The van der Waals surface area contributed by atoms with Crippen molar-refractivity contribution in [2.75, 3.05) is 76.3 Å². The normalized spacial score (nSPS) is 29.5. The van der Waals surface area contributed by atoms with Gasteiger partial charge in [-0.1, -0.05) is 25.1 Å². The predicted molar refractivity (Wildman–Crippen MR) is 480 cm³/mol. The minimum atomic E-state index is -1.78. The average Bonchev–Trinajstić information content (AvgIpc) is 1.46. The maximum Gasteiger partial charge on any atom is 0.339 e. The van der Waals surface area contributed by atoms with Gasteiger partial charge in [-0.3, -0.25) is 9.59 Å². The van der Waals surface area contributed by atoms with Crippen molar-refractivity contribution < 1.29 is 214 Å². The van der Waals surface area contributed by atoms with Crippen LogP contribution in [0.4, 0.5) is 0 Å². The summed E-state index contributed by atoms with van der Waals surface area (Å²) in [7, 11) is 8.89. The molecule has 9 aromatic rings. The van der Waals surface area contributed by atoms with Crippen LogP contribution in [-0.4, -0.2) is 320 Å². The minimum Gasteiger partial charge on any atom is -0.493 e. The van der Waals surface area contributed by atoms with Crippen LogP contribution in [0.1, 0.15) is 88.8 Å². The Balaban J connectivity index is 0.000000142. The van der Waals surface area contributed by atoms with Crippen molar-refractivity contribution in [3.8, 4) is 120 Å². The van der Waals surface area contributed by atoms with Gasteiger partial charge >= 0.3 is 29.8 Å². The monoisotopic (exact) mass is 1980 g/mol. The molecule has 4 saturated heterocycles. The molecule has 142 heavy (non-hydrogen) atoms. The second kappa shape index (κ2) is 40.6. The van der Waals surface area contributed by atoms with E-state index in [4.69, 9.17) is 123 Å². The van der Waals surface area contributed by atoms with Gasteiger partial charge in [0.15, 0.2) is 93.8 Å². The van der Waals surface area contributed by atoms with Crippen molar-refractivity contribution >= 4 is 62.2 Å². The lowest BCUT2D eigenvalue weighted by molar-refractivity contribution is -0.349. The van der Waals surface area contributed by atoms with Crippen LogP contribution in [0, 0.1) is 5.92 Å². The van der Waals surface area contributed by atoms with Crippen molar-refractivity contribution in [3.05, 3.63) is 124 Å². The smallest absolute Gasteiger partial charge is 0.339 e. The van der Waals surface area contributed by atoms with E-state index in [1.165, 1.54) is 49.6 Å². The molecule has 44 heteroatoms. The SMILES string of the molecule is COc1cc2c(OC3CC(C)C(OC4OC(CO)C(O)C(O)C4O)C(OC(C)=O)C3O)c3c(c(-c4ccc5c(c4)OCO5)c2cc1OC)C(=O)OC3.COc1cc2c(OC3OC(C)C(O)C(O)C3O)c3c(c(-c4ccc5c(c4)OCO5)c2cc1OC)C(=O)OC3.COc1cc2c(OC3OC(C)C(OC4OC(CO)C(O)C(O)C4O)C(O)C3OC(C)=O)c3c(c(-c4ccc5c(c4)OCO5)c2cc1OC)C(=O)OC3. The Hall–Kier alpha value is -12.7. The maximum atomic E-state index is 13.5. The largest absolute Gasteiger partial charge is 0.493 e. The number of benzene rings is 9. The average molecular weight is 1990 g/mol. The van der Waals surface area contributed by atoms with E-state index in [2.05, 4.69) is 0 Å². The molecule has 0 radical (unpaired) electrons. The van der Waals surface area contributed by atoms with E-state index in [0.717, 1.165) is 13.8 Å². The quantitative estimate of drug-likeness (QED) is 0.0319. The zero-order valence-electron chi connectivity index (χ0n) is 77.9. The van der Waals surface area contributed by atoms with Gasteiger partial charge in [-0.15, -0.1) is 0 Å². The van der Waals surface area contributed by atoms with Gasteiger partial charge in [-0.25, -0.2) is 14.4 Å². The van der Waals surface area contributed by atoms with Crippen LogP contribution in [-0.2, 0) is 81.5 Å². The molecule has 44 nitrogen and oxygen atoms in total. The number of rotatable bonds is 23. The van der Waals surface area contributed by atoms with Gasteiger partial charge in [-0.05, 0) is 132 Å². The zero-order chi connectivity index (χ0) is 101. The number of ether oxygens (including phenoxy) is 26. The highest BCUT2D eigenvalue weighted by atomic mass is 16.8. The van der Waals surface area contributed by atoms with Crippen molar-refractivity contribution in [2.24, 2.45) is 5.92 Å². The summed E-state index contributed by atoms with van der Waals surface area (Å²) in [4.78, 5) is 64.8. The Morgan fingerprint density at radius 3 is 1.03 bits per heavy atom. The molecule has 25 atom stereocenters. The molecule has 13 N–H and O–H groups in total. The summed E-state index contributed by atoms with van der Waals surface area (Å²) in [5.41, 5.74) is 5.40. The number of aliphatic hydroxyl groups excluding tert-OH is 13. The van der Waals surface area contributed by atoms with Gasteiger partial charge in [0, 0.05) is 63.4 Å². The Bertz CT molecular complexity index is 6340. The third-order valence-corrected chi connectivity index (χ3v) is 26.6. The third kappa shape index (κ3) is 18.1. The molecule has 20 rings (SSSR count). The van der Waals surface area contributed by atoms with Crippen LogP contribution in [0.5, 0.6) is 86.2 Å². The first kappa shape index (κ1) is 99.5. The van der Waals surface area contributed by atoms with E-state index < -0.39 is 196 Å². The van der Waals surface area contributed by atoms with E-state index in [1.54, 1.807) is 98.8 Å². The van der Waals surface area contributed by atoms with Gasteiger partial charge in [0.2, 0.25) is 33.0 Å². The molecule has 0 spiro atoms. The van der Waals surface area contributed by atoms with Gasteiger partial charge in [0.05, 0.1) is 84.8 Å². The number of carbonyl (C=O) groups excluding carboxylic acids is 5. The molecule has 9 aromatic carbocycles. The standard InChI is InChI=1S/C36H40O16.C35H38O17.C27H26O11/c1-14-7-24(29(40)34(49-15(2)38)32(14)52-36-31(42)30(41)28(39)25(11-37)51-36)50-33-18-10-22(45-4)21(44-3)9-17(18)26(27-19(33)12-46-35(27)43)16-5-6-20-23(8-16)48-13-47-20;1-13-30(51-34-28(40)27(39)26(38)23(10-36)50-34)29(41)32(49-14(2)37)35(48-13)52-31-17-9-21(44-4)20(43-3)8-16(17)24(25-18(31)11-45-33(25)42)15-5-6-19-22(7-15)47-12-46-19;1-11-22(28)23(29)24(30)27(37-11)38-25-14-8-18(33-3)17(32-2)7-13(14)20(21-15(25)9-34-26(21)31)12-4-5-16-19(6-12)36-10-35-16/h5-6,8-10,14,24-25,28-32,34,36-37,39-42H,7,11-13H2,1-4H3;5-9,13,23,26-30,32,34-36,38-41H,10-12H2,1-4H3;4-8,11,22-24,27-30H,9-10H2,1-3H3. The minimum absolute atomic E-state index is 0.0427. The maximum absolute atomic E-state index is 13.5. The molecule has 11 aliphatic rings. The Labute approximate surface area is 806 Å². The highest BCUT2D eigenvalue weighted by Crippen LogP contribution is 2.56. The lowest BCUT2D eigenvalue weighted by Gasteiger charge is -2.46. The number of cyclic esters (lactones) is 3.